The van der Waals surface area contributed by atoms with Crippen LogP contribution in [0.5, 0.6) is 0 Å². The summed E-state index contributed by atoms with van der Waals surface area (Å²) in [6.07, 6.45) is 0.406. The van der Waals surface area contributed by atoms with Gasteiger partial charge in [-0.2, -0.15) is 15.2 Å². The van der Waals surface area contributed by atoms with Crippen LogP contribution in [0.3, 0.4) is 0 Å². The molecule has 0 radical (unpaired) electrons. The monoisotopic (exact) mass is 562 g/mol. The van der Waals surface area contributed by atoms with Gasteiger partial charge >= 0.3 is 0 Å². The number of nitriles is 1. The summed E-state index contributed by atoms with van der Waals surface area (Å²) in [5, 5.41) is 14.8. The average molecular weight is 563 g/mol. The molecular formula is C27H28ClFN10O. The van der Waals surface area contributed by atoms with E-state index in [4.69, 9.17) is 23.1 Å². The Kier molecular flexibility index (Phi) is 7.68. The van der Waals surface area contributed by atoms with Gasteiger partial charge in [-0.25, -0.2) is 14.1 Å². The van der Waals surface area contributed by atoms with E-state index in [1.54, 1.807) is 0 Å². The number of nitrogens with two attached hydrogens (primary N) is 2. The zero-order chi connectivity index (χ0) is 28.4. The number of piperazine rings is 1. The maximum Gasteiger partial charge on any atom is 0.281 e. The Labute approximate surface area is 234 Å². The summed E-state index contributed by atoms with van der Waals surface area (Å²) in [7, 11) is 0. The molecule has 0 saturated carbocycles. The maximum absolute atomic E-state index is 15.0. The number of nitrogens with zero attached hydrogens (tertiary/aromatic N) is 7. The third kappa shape index (κ3) is 5.21. The minimum Gasteiger partial charge on any atom is -0.382 e. The lowest BCUT2D eigenvalue weighted by Crippen LogP contribution is -2.55. The highest BCUT2D eigenvalue weighted by molar-refractivity contribution is 6.35. The fourth-order valence-electron chi connectivity index (χ4n) is 4.89. The molecule has 5 N–H and O–H groups in total. The van der Waals surface area contributed by atoms with Gasteiger partial charge in [0.25, 0.3) is 5.56 Å². The third-order valence-corrected chi connectivity index (χ3v) is 7.22. The second-order valence-electron chi connectivity index (χ2n) is 9.46. The number of nitrogen functional groups attached to an aromatic ring is 2. The number of aromatic nitrogens is 4. The molecule has 0 amide bonds. The number of fused-ring (bicyclic) bond motifs is 1. The van der Waals surface area contributed by atoms with Crippen molar-refractivity contribution in [1.29, 1.82) is 5.26 Å². The van der Waals surface area contributed by atoms with Crippen LogP contribution in [0.4, 0.5) is 22.0 Å². The van der Waals surface area contributed by atoms with Crippen molar-refractivity contribution in [2.45, 2.75) is 25.9 Å². The summed E-state index contributed by atoms with van der Waals surface area (Å²) in [6.45, 7) is 5.08. The zero-order valence-corrected chi connectivity index (χ0v) is 22.6. The molecular weight excluding hydrogens is 535 g/mol. The molecule has 3 heterocycles. The Bertz CT molecular complexity index is 1650. The van der Waals surface area contributed by atoms with E-state index in [1.807, 2.05) is 36.2 Å². The maximum atomic E-state index is 15.0. The number of benzene rings is 2. The first-order chi connectivity index (χ1) is 19.3. The number of anilines is 3. The lowest BCUT2D eigenvalue weighted by molar-refractivity contribution is 0.229. The van der Waals surface area contributed by atoms with E-state index in [2.05, 4.69) is 37.3 Å². The normalized spacial score (nSPS) is 14.7. The summed E-state index contributed by atoms with van der Waals surface area (Å²) in [4.78, 5) is 28.9. The standard InChI is InChI=1S/C27H28ClFN10O/c1-2-20(33-24-17(14-30)23(31)35-27(32)36-24)25-34-22-19(29)9-8-18(28)21(22)26(40)39(25)38-12-10-37(11-13-38)15-16-6-4-3-5-7-16/h3-9,20H,2,10-13,15H2,1H3,(H5,31,32,33,35,36). The molecule has 1 aliphatic heterocycles. The molecule has 11 nitrogen and oxygen atoms in total. The first kappa shape index (κ1) is 27.1. The lowest BCUT2D eigenvalue weighted by Gasteiger charge is -2.38. The topological polar surface area (TPSA) is 155 Å². The van der Waals surface area contributed by atoms with Crippen LogP contribution in [0, 0.1) is 17.1 Å². The average Bonchev–Trinajstić information content (AvgIpc) is 2.94. The van der Waals surface area contributed by atoms with E-state index in [0.717, 1.165) is 6.54 Å². The first-order valence-electron chi connectivity index (χ1n) is 12.8. The SMILES string of the molecule is CCC(Nc1nc(N)nc(N)c1C#N)c1nc2c(F)ccc(Cl)c2c(=O)n1N1CCN(Cc2ccccc2)CC1. The van der Waals surface area contributed by atoms with Crippen LogP contribution >= 0.6 is 11.6 Å². The molecule has 1 aliphatic rings. The van der Waals surface area contributed by atoms with Crippen molar-refractivity contribution >= 4 is 40.1 Å². The second-order valence-corrected chi connectivity index (χ2v) is 9.87. The van der Waals surface area contributed by atoms with Crippen molar-refractivity contribution < 1.29 is 4.39 Å². The van der Waals surface area contributed by atoms with Gasteiger partial charge in [0.1, 0.15) is 28.8 Å². The zero-order valence-electron chi connectivity index (χ0n) is 21.8. The summed E-state index contributed by atoms with van der Waals surface area (Å²) >= 11 is 6.39. The van der Waals surface area contributed by atoms with Gasteiger partial charge in [-0.1, -0.05) is 48.9 Å². The summed E-state index contributed by atoms with van der Waals surface area (Å²) in [5.41, 5.74) is 12.3. The predicted molar refractivity (Wildman–Crippen MR) is 153 cm³/mol. The first-order valence-corrected chi connectivity index (χ1v) is 13.2. The van der Waals surface area contributed by atoms with Gasteiger partial charge in [-0.15, -0.1) is 0 Å². The van der Waals surface area contributed by atoms with Crippen molar-refractivity contribution in [1.82, 2.24) is 24.5 Å². The minimum absolute atomic E-state index is 0.000207. The minimum atomic E-state index is -0.668. The van der Waals surface area contributed by atoms with Crippen LogP contribution in [0.2, 0.25) is 5.02 Å². The van der Waals surface area contributed by atoms with Crippen molar-refractivity contribution in [3.63, 3.8) is 0 Å². The van der Waals surface area contributed by atoms with Gasteiger partial charge in [-0.3, -0.25) is 9.69 Å². The highest BCUT2D eigenvalue weighted by Gasteiger charge is 2.28. The van der Waals surface area contributed by atoms with Gasteiger partial charge in [0.05, 0.1) is 16.5 Å². The molecule has 206 valence electrons. The van der Waals surface area contributed by atoms with Gasteiger partial charge in [0.15, 0.2) is 11.6 Å². The highest BCUT2D eigenvalue weighted by Crippen LogP contribution is 2.28. The Morgan fingerprint density at radius 1 is 1.10 bits per heavy atom. The molecule has 13 heteroatoms. The Hall–Kier alpha value is -4.47. The van der Waals surface area contributed by atoms with E-state index in [9.17, 15) is 14.4 Å². The Balaban J connectivity index is 1.56. The number of halogens is 2. The fraction of sp³-hybridized carbons (Fsp3) is 0.296. The molecule has 0 aliphatic carbocycles. The Morgan fingerprint density at radius 3 is 2.50 bits per heavy atom. The molecule has 1 unspecified atom stereocenters. The van der Waals surface area contributed by atoms with Crippen LogP contribution in [0.1, 0.15) is 36.3 Å². The molecule has 40 heavy (non-hydrogen) atoms. The molecule has 2 aromatic carbocycles. The number of hydrogen-bond donors (Lipinski definition) is 3. The van der Waals surface area contributed by atoms with Gasteiger partial charge < -0.3 is 21.8 Å². The molecule has 5 rings (SSSR count). The molecule has 0 bridgehead atoms. The van der Waals surface area contributed by atoms with Crippen LogP contribution < -0.4 is 27.4 Å². The second kappa shape index (κ2) is 11.3. The van der Waals surface area contributed by atoms with Crippen LogP contribution in [-0.2, 0) is 6.54 Å². The third-order valence-electron chi connectivity index (χ3n) is 6.90. The van der Waals surface area contributed by atoms with E-state index in [1.165, 1.54) is 22.4 Å². The number of nitrogens with one attached hydrogen (secondary N) is 1. The van der Waals surface area contributed by atoms with Crippen molar-refractivity contribution in [2.75, 3.05) is 48.0 Å². The van der Waals surface area contributed by atoms with E-state index >= 15 is 0 Å². The summed E-state index contributed by atoms with van der Waals surface area (Å²) < 4.78 is 16.4. The molecule has 4 aromatic rings. The van der Waals surface area contributed by atoms with Crippen LogP contribution in [0.25, 0.3) is 10.9 Å². The summed E-state index contributed by atoms with van der Waals surface area (Å²) in [5.74, 6) is -0.522. The lowest BCUT2D eigenvalue weighted by atomic mass is 10.1. The van der Waals surface area contributed by atoms with Crippen molar-refractivity contribution in [3.05, 3.63) is 80.6 Å². The van der Waals surface area contributed by atoms with Crippen LogP contribution in [-0.4, -0.2) is 50.7 Å². The highest BCUT2D eigenvalue weighted by atomic mass is 35.5. The number of hydrogen-bond acceptors (Lipinski definition) is 10. The molecule has 1 atom stereocenters. The van der Waals surface area contributed by atoms with E-state index in [0.29, 0.717) is 32.6 Å². The fourth-order valence-corrected chi connectivity index (χ4v) is 5.12. The summed E-state index contributed by atoms with van der Waals surface area (Å²) in [6, 6.07) is 14.0. The molecule has 1 fully saturated rings. The van der Waals surface area contributed by atoms with Gasteiger partial charge in [0.2, 0.25) is 5.95 Å². The largest absolute Gasteiger partial charge is 0.382 e. The van der Waals surface area contributed by atoms with Crippen LogP contribution in [0.15, 0.2) is 47.3 Å². The van der Waals surface area contributed by atoms with E-state index in [-0.39, 0.29) is 44.9 Å². The van der Waals surface area contributed by atoms with Gasteiger partial charge in [0, 0.05) is 32.7 Å². The van der Waals surface area contributed by atoms with Crippen molar-refractivity contribution in [2.24, 2.45) is 0 Å². The Morgan fingerprint density at radius 2 is 1.82 bits per heavy atom. The predicted octanol–water partition coefficient (Wildman–Crippen LogP) is 3.03. The van der Waals surface area contributed by atoms with Gasteiger partial charge in [-0.05, 0) is 24.1 Å². The molecule has 0 spiro atoms. The number of rotatable bonds is 7. The van der Waals surface area contributed by atoms with E-state index < -0.39 is 17.4 Å². The quantitative estimate of drug-likeness (QED) is 0.306. The molecule has 1 saturated heterocycles. The van der Waals surface area contributed by atoms with Crippen molar-refractivity contribution in [3.8, 4) is 6.07 Å². The molecule has 2 aromatic heterocycles. The smallest absolute Gasteiger partial charge is 0.281 e.